The van der Waals surface area contributed by atoms with Crippen LogP contribution in [0.15, 0.2) is 35.8 Å². The first-order chi connectivity index (χ1) is 9.15. The van der Waals surface area contributed by atoms with Crippen LogP contribution in [0, 0.1) is 5.82 Å². The molecule has 1 N–H and O–H groups in total. The van der Waals surface area contributed by atoms with Crippen LogP contribution in [0.4, 0.5) is 4.39 Å². The van der Waals surface area contributed by atoms with Crippen LogP contribution in [0.2, 0.25) is 0 Å². The molecular formula is C13H9FN2O2S. The quantitative estimate of drug-likeness (QED) is 0.800. The van der Waals surface area contributed by atoms with Gasteiger partial charge < -0.3 is 5.11 Å². The fourth-order valence-corrected chi connectivity index (χ4v) is 2.78. The van der Waals surface area contributed by atoms with Crippen molar-refractivity contribution in [2.24, 2.45) is 0 Å². The first-order valence-corrected chi connectivity index (χ1v) is 6.45. The molecule has 0 aliphatic heterocycles. The van der Waals surface area contributed by atoms with E-state index in [1.165, 1.54) is 17.4 Å². The second-order valence-corrected chi connectivity index (χ2v) is 4.89. The zero-order valence-corrected chi connectivity index (χ0v) is 10.5. The van der Waals surface area contributed by atoms with Crippen molar-refractivity contribution in [1.29, 1.82) is 0 Å². The molecule has 2 aromatic heterocycles. The number of halogens is 1. The number of carboxylic acid groups (broad SMARTS) is 1. The molecule has 3 aromatic rings. The van der Waals surface area contributed by atoms with E-state index in [-0.39, 0.29) is 12.2 Å². The van der Waals surface area contributed by atoms with Crippen molar-refractivity contribution in [2.45, 2.75) is 6.42 Å². The van der Waals surface area contributed by atoms with Gasteiger partial charge >= 0.3 is 5.97 Å². The minimum atomic E-state index is -0.902. The van der Waals surface area contributed by atoms with Crippen LogP contribution in [0.1, 0.15) is 5.69 Å². The molecule has 4 nitrogen and oxygen atoms in total. The van der Waals surface area contributed by atoms with Gasteiger partial charge in [-0.05, 0) is 12.1 Å². The number of aliphatic carboxylic acids is 1. The van der Waals surface area contributed by atoms with E-state index in [0.717, 1.165) is 0 Å². The number of nitrogens with zero attached hydrogens (tertiary/aromatic N) is 2. The van der Waals surface area contributed by atoms with Gasteiger partial charge in [0, 0.05) is 22.8 Å². The van der Waals surface area contributed by atoms with Crippen LogP contribution < -0.4 is 0 Å². The van der Waals surface area contributed by atoms with Gasteiger partial charge in [-0.3, -0.25) is 9.20 Å². The molecular weight excluding hydrogens is 267 g/mol. The highest BCUT2D eigenvalue weighted by molar-refractivity contribution is 7.15. The average Bonchev–Trinajstić information content (AvgIpc) is 2.91. The van der Waals surface area contributed by atoms with Crippen molar-refractivity contribution in [3.05, 3.63) is 47.4 Å². The number of hydrogen-bond donors (Lipinski definition) is 1. The Kier molecular flexibility index (Phi) is 2.79. The SMILES string of the molecule is O=C(O)Cc1csc2nc(-c3ccccc3F)cn12. The van der Waals surface area contributed by atoms with E-state index in [1.807, 2.05) is 0 Å². The average molecular weight is 276 g/mol. The summed E-state index contributed by atoms with van der Waals surface area (Å²) in [6.45, 7) is 0. The van der Waals surface area contributed by atoms with Crippen LogP contribution >= 0.6 is 11.3 Å². The Morgan fingerprint density at radius 3 is 2.95 bits per heavy atom. The number of carbonyl (C=O) groups is 1. The number of thiazole rings is 1. The van der Waals surface area contributed by atoms with Crippen molar-refractivity contribution in [3.8, 4) is 11.3 Å². The predicted octanol–water partition coefficient (Wildman–Crippen LogP) is 2.83. The molecule has 6 heteroatoms. The minimum absolute atomic E-state index is 0.0763. The van der Waals surface area contributed by atoms with Crippen LogP contribution in [-0.2, 0) is 11.2 Å². The summed E-state index contributed by atoms with van der Waals surface area (Å²) in [5, 5.41) is 10.6. The Labute approximate surface area is 111 Å². The Hall–Kier alpha value is -2.21. The molecule has 96 valence electrons. The van der Waals surface area contributed by atoms with E-state index in [9.17, 15) is 9.18 Å². The first kappa shape index (κ1) is 11.9. The third kappa shape index (κ3) is 2.10. The van der Waals surface area contributed by atoms with Gasteiger partial charge in [-0.1, -0.05) is 12.1 Å². The fraction of sp³-hybridized carbons (Fsp3) is 0.0769. The van der Waals surface area contributed by atoms with Gasteiger partial charge in [0.1, 0.15) is 5.82 Å². The molecule has 0 fully saturated rings. The second-order valence-electron chi connectivity index (χ2n) is 4.06. The lowest BCUT2D eigenvalue weighted by atomic mass is 10.1. The molecule has 1 aromatic carbocycles. The van der Waals surface area contributed by atoms with Crippen LogP contribution in [-0.4, -0.2) is 20.5 Å². The zero-order valence-electron chi connectivity index (χ0n) is 9.71. The van der Waals surface area contributed by atoms with E-state index >= 15 is 0 Å². The number of fused-ring (bicyclic) bond motifs is 1. The van der Waals surface area contributed by atoms with E-state index in [4.69, 9.17) is 5.11 Å². The lowest BCUT2D eigenvalue weighted by Gasteiger charge is -1.97. The zero-order chi connectivity index (χ0) is 13.4. The third-order valence-electron chi connectivity index (χ3n) is 2.77. The number of hydrogen-bond acceptors (Lipinski definition) is 3. The van der Waals surface area contributed by atoms with Crippen molar-refractivity contribution in [2.75, 3.05) is 0 Å². The van der Waals surface area contributed by atoms with Crippen LogP contribution in [0.3, 0.4) is 0 Å². The first-order valence-electron chi connectivity index (χ1n) is 5.57. The monoisotopic (exact) mass is 276 g/mol. The molecule has 0 saturated carbocycles. The Balaban J connectivity index is 2.10. The van der Waals surface area contributed by atoms with E-state index < -0.39 is 5.97 Å². The van der Waals surface area contributed by atoms with Gasteiger partial charge in [0.25, 0.3) is 0 Å². The van der Waals surface area contributed by atoms with Gasteiger partial charge in [-0.2, -0.15) is 0 Å². The highest BCUT2D eigenvalue weighted by Gasteiger charge is 2.13. The number of benzene rings is 1. The fourth-order valence-electron chi connectivity index (χ4n) is 1.91. The second kappa shape index (κ2) is 4.47. The minimum Gasteiger partial charge on any atom is -0.481 e. The standard InChI is InChI=1S/C13H9FN2O2S/c14-10-4-2-1-3-9(10)11-6-16-8(5-12(17)18)7-19-13(16)15-11/h1-4,6-7H,5H2,(H,17,18). The molecule has 0 unspecified atom stereocenters. The summed E-state index contributed by atoms with van der Waals surface area (Å²) < 4.78 is 15.4. The molecule has 2 heterocycles. The topological polar surface area (TPSA) is 54.6 Å². The maximum atomic E-state index is 13.7. The van der Waals surface area contributed by atoms with Crippen molar-refractivity contribution in [3.63, 3.8) is 0 Å². The summed E-state index contributed by atoms with van der Waals surface area (Å²) in [6.07, 6.45) is 1.59. The smallest absolute Gasteiger partial charge is 0.309 e. The Morgan fingerprint density at radius 2 is 2.21 bits per heavy atom. The van der Waals surface area contributed by atoms with Gasteiger partial charge in [-0.15, -0.1) is 11.3 Å². The highest BCUT2D eigenvalue weighted by atomic mass is 32.1. The molecule has 0 amide bonds. The maximum Gasteiger partial charge on any atom is 0.309 e. The van der Waals surface area contributed by atoms with E-state index in [2.05, 4.69) is 4.98 Å². The summed E-state index contributed by atoms with van der Waals surface area (Å²) >= 11 is 1.34. The largest absolute Gasteiger partial charge is 0.481 e. The van der Waals surface area contributed by atoms with Crippen molar-refractivity contribution >= 4 is 22.3 Å². The lowest BCUT2D eigenvalue weighted by Crippen LogP contribution is -2.02. The lowest BCUT2D eigenvalue weighted by molar-refractivity contribution is -0.136. The highest BCUT2D eigenvalue weighted by Crippen LogP contribution is 2.25. The maximum absolute atomic E-state index is 13.7. The molecule has 0 aliphatic carbocycles. The number of carboxylic acids is 1. The van der Waals surface area contributed by atoms with Crippen LogP contribution in [0.25, 0.3) is 16.2 Å². The van der Waals surface area contributed by atoms with Gasteiger partial charge in [-0.25, -0.2) is 9.37 Å². The Morgan fingerprint density at radius 1 is 1.42 bits per heavy atom. The predicted molar refractivity (Wildman–Crippen MR) is 69.8 cm³/mol. The molecule has 0 bridgehead atoms. The molecule has 3 rings (SSSR count). The molecule has 0 radical (unpaired) electrons. The summed E-state index contributed by atoms with van der Waals surface area (Å²) in [4.78, 5) is 15.7. The Bertz CT molecular complexity index is 763. The molecule has 0 aliphatic rings. The number of rotatable bonds is 3. The number of imidazole rings is 1. The summed E-state index contributed by atoms with van der Waals surface area (Å²) in [7, 11) is 0. The van der Waals surface area contributed by atoms with Crippen molar-refractivity contribution in [1.82, 2.24) is 9.38 Å². The summed E-state index contributed by atoms with van der Waals surface area (Å²) in [5.41, 5.74) is 1.57. The molecule has 0 spiro atoms. The van der Waals surface area contributed by atoms with E-state index in [0.29, 0.717) is 21.9 Å². The normalized spacial score (nSPS) is 11.0. The summed E-state index contributed by atoms with van der Waals surface area (Å²) in [5.74, 6) is -1.24. The molecule has 0 atom stereocenters. The van der Waals surface area contributed by atoms with Gasteiger partial charge in [0.2, 0.25) is 0 Å². The van der Waals surface area contributed by atoms with Crippen LogP contribution in [0.5, 0.6) is 0 Å². The van der Waals surface area contributed by atoms with Gasteiger partial charge in [0.05, 0.1) is 12.1 Å². The third-order valence-corrected chi connectivity index (χ3v) is 3.65. The summed E-state index contributed by atoms with van der Waals surface area (Å²) in [6, 6.07) is 6.39. The number of aromatic nitrogens is 2. The van der Waals surface area contributed by atoms with Crippen molar-refractivity contribution < 1.29 is 14.3 Å². The molecule has 0 saturated heterocycles. The molecule has 19 heavy (non-hydrogen) atoms. The van der Waals surface area contributed by atoms with Gasteiger partial charge in [0.15, 0.2) is 4.96 Å². The van der Waals surface area contributed by atoms with E-state index in [1.54, 1.807) is 34.2 Å².